The van der Waals surface area contributed by atoms with Crippen molar-refractivity contribution in [2.45, 2.75) is 25.4 Å². The molecule has 2 fully saturated rings. The van der Waals surface area contributed by atoms with Crippen LogP contribution in [-0.4, -0.2) is 41.4 Å². The van der Waals surface area contributed by atoms with Crippen molar-refractivity contribution >= 4 is 27.5 Å². The van der Waals surface area contributed by atoms with Crippen LogP contribution in [0, 0.1) is 5.92 Å². The van der Waals surface area contributed by atoms with E-state index in [2.05, 4.69) is 26.3 Å². The van der Waals surface area contributed by atoms with Crippen molar-refractivity contribution in [2.75, 3.05) is 24.5 Å². The lowest BCUT2D eigenvalue weighted by atomic mass is 10.1. The Labute approximate surface area is 130 Å². The summed E-state index contributed by atoms with van der Waals surface area (Å²) < 4.78 is 1.94. The maximum atomic E-state index is 12.4. The van der Waals surface area contributed by atoms with Gasteiger partial charge in [0.2, 0.25) is 5.91 Å². The SMILES string of the molecule is NC(=O)C1CNCCN1c1cnn(CC2CC2)c(=O)c1Br. The van der Waals surface area contributed by atoms with Gasteiger partial charge in [-0.15, -0.1) is 0 Å². The molecule has 7 nitrogen and oxygen atoms in total. The average molecular weight is 356 g/mol. The summed E-state index contributed by atoms with van der Waals surface area (Å²) in [6.45, 7) is 2.49. The molecule has 21 heavy (non-hydrogen) atoms. The van der Waals surface area contributed by atoms with Crippen LogP contribution >= 0.6 is 15.9 Å². The highest BCUT2D eigenvalue weighted by Gasteiger charge is 2.30. The van der Waals surface area contributed by atoms with Crippen LogP contribution in [0.25, 0.3) is 0 Å². The third kappa shape index (κ3) is 2.96. The van der Waals surface area contributed by atoms with Crippen molar-refractivity contribution in [1.82, 2.24) is 15.1 Å². The maximum Gasteiger partial charge on any atom is 0.283 e. The predicted molar refractivity (Wildman–Crippen MR) is 82.1 cm³/mol. The first-order valence-electron chi connectivity index (χ1n) is 7.10. The molecule has 114 valence electrons. The minimum Gasteiger partial charge on any atom is -0.368 e. The summed E-state index contributed by atoms with van der Waals surface area (Å²) in [6.07, 6.45) is 3.97. The number of nitrogens with two attached hydrogens (primary N) is 1. The molecular weight excluding hydrogens is 338 g/mol. The standard InChI is InChI=1S/C13H18BrN5O2/c14-11-9(18-4-3-16-5-10(18)12(15)20)6-17-19(13(11)21)7-8-1-2-8/h6,8,10,16H,1-5,7H2,(H2,15,20). The van der Waals surface area contributed by atoms with Crippen LogP contribution in [0.1, 0.15) is 12.8 Å². The molecule has 1 saturated heterocycles. The zero-order valence-electron chi connectivity index (χ0n) is 11.6. The maximum absolute atomic E-state index is 12.4. The van der Waals surface area contributed by atoms with Gasteiger partial charge in [0.1, 0.15) is 10.5 Å². The monoisotopic (exact) mass is 355 g/mol. The van der Waals surface area contributed by atoms with Crippen molar-refractivity contribution in [3.8, 4) is 0 Å². The molecular formula is C13H18BrN5O2. The molecule has 1 saturated carbocycles. The van der Waals surface area contributed by atoms with Gasteiger partial charge in [0.15, 0.2) is 0 Å². The molecule has 2 aliphatic rings. The number of hydrogen-bond donors (Lipinski definition) is 2. The van der Waals surface area contributed by atoms with Gasteiger partial charge >= 0.3 is 0 Å². The molecule has 0 spiro atoms. The number of anilines is 1. The van der Waals surface area contributed by atoms with E-state index in [-0.39, 0.29) is 5.56 Å². The number of nitrogens with one attached hydrogen (secondary N) is 1. The van der Waals surface area contributed by atoms with Crippen molar-refractivity contribution in [2.24, 2.45) is 11.7 Å². The average Bonchev–Trinajstić information content (AvgIpc) is 3.28. The highest BCUT2D eigenvalue weighted by atomic mass is 79.9. The summed E-state index contributed by atoms with van der Waals surface area (Å²) in [5.41, 5.74) is 5.93. The van der Waals surface area contributed by atoms with Gasteiger partial charge in [-0.05, 0) is 34.7 Å². The molecule has 1 aromatic heterocycles. The third-order valence-electron chi connectivity index (χ3n) is 3.98. The zero-order valence-corrected chi connectivity index (χ0v) is 13.2. The Morgan fingerprint density at radius 3 is 2.95 bits per heavy atom. The minimum atomic E-state index is -0.462. The summed E-state index contributed by atoms with van der Waals surface area (Å²) >= 11 is 3.37. The molecule has 1 aromatic rings. The van der Waals surface area contributed by atoms with Gasteiger partial charge in [-0.2, -0.15) is 5.10 Å². The minimum absolute atomic E-state index is 0.152. The Morgan fingerprint density at radius 1 is 1.52 bits per heavy atom. The number of primary amides is 1. The fourth-order valence-corrected chi connectivity index (χ4v) is 3.11. The molecule has 1 aliphatic carbocycles. The molecule has 0 aromatic carbocycles. The summed E-state index contributed by atoms with van der Waals surface area (Å²) in [7, 11) is 0. The molecule has 0 bridgehead atoms. The fraction of sp³-hybridized carbons (Fsp3) is 0.615. The van der Waals surface area contributed by atoms with Crippen molar-refractivity contribution < 1.29 is 4.79 Å². The van der Waals surface area contributed by atoms with E-state index < -0.39 is 11.9 Å². The zero-order chi connectivity index (χ0) is 15.0. The Bertz CT molecular complexity index is 613. The molecule has 0 radical (unpaired) electrons. The lowest BCUT2D eigenvalue weighted by Gasteiger charge is -2.36. The number of piperazine rings is 1. The molecule has 2 heterocycles. The van der Waals surface area contributed by atoms with Crippen LogP contribution in [0.15, 0.2) is 15.5 Å². The van der Waals surface area contributed by atoms with Gasteiger partial charge in [-0.1, -0.05) is 0 Å². The largest absolute Gasteiger partial charge is 0.368 e. The van der Waals surface area contributed by atoms with Crippen molar-refractivity contribution in [3.05, 3.63) is 21.0 Å². The van der Waals surface area contributed by atoms with E-state index in [1.165, 1.54) is 4.68 Å². The summed E-state index contributed by atoms with van der Waals surface area (Å²) in [5, 5.41) is 7.38. The fourth-order valence-electron chi connectivity index (χ4n) is 2.58. The number of aromatic nitrogens is 2. The van der Waals surface area contributed by atoms with Crippen LogP contribution in [0.5, 0.6) is 0 Å². The molecule has 3 N–H and O–H groups in total. The molecule has 1 aliphatic heterocycles. The predicted octanol–water partition coefficient (Wildman–Crippen LogP) is -0.321. The smallest absolute Gasteiger partial charge is 0.283 e. The topological polar surface area (TPSA) is 93.2 Å². The number of rotatable bonds is 4. The summed E-state index contributed by atoms with van der Waals surface area (Å²) in [4.78, 5) is 25.8. The number of carbonyl (C=O) groups excluding carboxylic acids is 1. The van der Waals surface area contributed by atoms with Crippen molar-refractivity contribution in [1.29, 1.82) is 0 Å². The van der Waals surface area contributed by atoms with Crippen LogP contribution in [0.2, 0.25) is 0 Å². The molecule has 3 rings (SSSR count). The van der Waals surface area contributed by atoms with Crippen LogP contribution < -0.4 is 21.5 Å². The van der Waals surface area contributed by atoms with E-state index in [0.29, 0.717) is 35.7 Å². The highest BCUT2D eigenvalue weighted by Crippen LogP contribution is 2.30. The number of hydrogen-bond acceptors (Lipinski definition) is 5. The number of amides is 1. The normalized spacial score (nSPS) is 22.3. The quantitative estimate of drug-likeness (QED) is 0.771. The van der Waals surface area contributed by atoms with E-state index >= 15 is 0 Å². The molecule has 8 heteroatoms. The second-order valence-electron chi connectivity index (χ2n) is 5.59. The molecule has 1 amide bonds. The van der Waals surface area contributed by atoms with E-state index in [0.717, 1.165) is 19.4 Å². The van der Waals surface area contributed by atoms with Crippen molar-refractivity contribution in [3.63, 3.8) is 0 Å². The Balaban J connectivity index is 1.91. The van der Waals surface area contributed by atoms with E-state index in [4.69, 9.17) is 5.73 Å². The van der Waals surface area contributed by atoms with Crippen LogP contribution in [0.3, 0.4) is 0 Å². The second kappa shape index (κ2) is 5.76. The number of carbonyl (C=O) groups is 1. The molecule has 1 atom stereocenters. The van der Waals surface area contributed by atoms with E-state index in [1.807, 2.05) is 4.90 Å². The van der Waals surface area contributed by atoms with Crippen LogP contribution in [0.4, 0.5) is 5.69 Å². The first-order valence-corrected chi connectivity index (χ1v) is 7.89. The Hall–Kier alpha value is -1.41. The van der Waals surface area contributed by atoms with E-state index in [9.17, 15) is 9.59 Å². The summed E-state index contributed by atoms with van der Waals surface area (Å²) in [5.74, 6) is 0.168. The van der Waals surface area contributed by atoms with Gasteiger partial charge in [-0.3, -0.25) is 9.59 Å². The highest BCUT2D eigenvalue weighted by molar-refractivity contribution is 9.10. The lowest BCUT2D eigenvalue weighted by molar-refractivity contribution is -0.119. The van der Waals surface area contributed by atoms with E-state index in [1.54, 1.807) is 6.20 Å². The van der Waals surface area contributed by atoms with Gasteiger partial charge in [-0.25, -0.2) is 4.68 Å². The van der Waals surface area contributed by atoms with Gasteiger partial charge < -0.3 is 16.0 Å². The summed E-state index contributed by atoms with van der Waals surface area (Å²) in [6, 6.07) is -0.462. The van der Waals surface area contributed by atoms with Crippen LogP contribution in [-0.2, 0) is 11.3 Å². The number of halogens is 1. The molecule has 1 unspecified atom stereocenters. The Kier molecular flexibility index (Phi) is 3.99. The lowest BCUT2D eigenvalue weighted by Crippen LogP contribution is -2.57. The van der Waals surface area contributed by atoms with Gasteiger partial charge in [0.25, 0.3) is 5.56 Å². The number of nitrogens with zero attached hydrogens (tertiary/aromatic N) is 3. The third-order valence-corrected chi connectivity index (χ3v) is 4.72. The first kappa shape index (κ1) is 14.5. The van der Waals surface area contributed by atoms with Gasteiger partial charge in [0, 0.05) is 26.2 Å². The van der Waals surface area contributed by atoms with Gasteiger partial charge in [0.05, 0.1) is 11.9 Å². The first-order chi connectivity index (χ1) is 10.1. The Morgan fingerprint density at radius 2 is 2.29 bits per heavy atom. The second-order valence-corrected chi connectivity index (χ2v) is 6.38.